The van der Waals surface area contributed by atoms with Crippen LogP contribution < -0.4 is 5.56 Å². The summed E-state index contributed by atoms with van der Waals surface area (Å²) in [4.78, 5) is 36.2. The van der Waals surface area contributed by atoms with E-state index in [1.807, 2.05) is 13.0 Å². The van der Waals surface area contributed by atoms with Gasteiger partial charge in [0.25, 0.3) is 5.56 Å². The maximum atomic E-state index is 14.0. The quantitative estimate of drug-likeness (QED) is 0.772. The van der Waals surface area contributed by atoms with Crippen LogP contribution >= 0.6 is 0 Å². The van der Waals surface area contributed by atoms with Gasteiger partial charge in [0, 0.05) is 43.5 Å². The lowest BCUT2D eigenvalue weighted by Crippen LogP contribution is -2.48. The molecule has 0 unspecified atom stereocenters. The van der Waals surface area contributed by atoms with Crippen LogP contribution in [0.15, 0.2) is 35.1 Å². The molecule has 2 aromatic rings. The third kappa shape index (κ3) is 4.50. The van der Waals surface area contributed by atoms with Crippen LogP contribution in [0.25, 0.3) is 0 Å². The molecule has 2 saturated heterocycles. The number of benzene rings is 1. The van der Waals surface area contributed by atoms with E-state index in [0.29, 0.717) is 31.7 Å². The molecule has 3 aliphatic heterocycles. The summed E-state index contributed by atoms with van der Waals surface area (Å²) in [5.74, 6) is 0.887. The monoisotopic (exact) mass is 449 g/mol. The van der Waals surface area contributed by atoms with Crippen LogP contribution in [0.1, 0.15) is 68.6 Å². The second-order valence-electron chi connectivity index (χ2n) is 11.0. The first-order chi connectivity index (χ1) is 15.7. The normalized spacial score (nSPS) is 28.3. The van der Waals surface area contributed by atoms with Crippen molar-refractivity contribution in [2.24, 2.45) is 5.41 Å². The van der Waals surface area contributed by atoms with Gasteiger partial charge in [0.2, 0.25) is 5.91 Å². The SMILES string of the molecule is Cc1nc2c(c(=O)[nH]1)C[C@@H]1CC[C@@H](C2)N1C(=O)C[C@]1(Cc2ccccc2)CCOC(C)(C)C1. The number of nitrogens with zero attached hydrogens (tertiary/aromatic N) is 2. The van der Waals surface area contributed by atoms with Crippen LogP contribution in [0.3, 0.4) is 0 Å². The van der Waals surface area contributed by atoms with Gasteiger partial charge in [-0.15, -0.1) is 0 Å². The Hall–Kier alpha value is -2.47. The molecule has 1 amide bonds. The van der Waals surface area contributed by atoms with Gasteiger partial charge < -0.3 is 14.6 Å². The highest BCUT2D eigenvalue weighted by Gasteiger charge is 2.46. The number of amides is 1. The van der Waals surface area contributed by atoms with E-state index in [2.05, 4.69) is 53.0 Å². The number of aromatic nitrogens is 2. The van der Waals surface area contributed by atoms with E-state index in [0.717, 1.165) is 43.4 Å². The molecule has 33 heavy (non-hydrogen) atoms. The van der Waals surface area contributed by atoms with Crippen LogP contribution in [0.4, 0.5) is 0 Å². The number of hydrogen-bond donors (Lipinski definition) is 1. The van der Waals surface area contributed by atoms with Gasteiger partial charge in [0.15, 0.2) is 0 Å². The number of H-pyrrole nitrogens is 1. The van der Waals surface area contributed by atoms with Crippen molar-refractivity contribution in [1.29, 1.82) is 0 Å². The molecule has 6 heteroatoms. The second-order valence-corrected chi connectivity index (χ2v) is 11.0. The Kier molecular flexibility index (Phi) is 5.68. The van der Waals surface area contributed by atoms with E-state index in [1.165, 1.54) is 5.56 Å². The minimum Gasteiger partial charge on any atom is -0.376 e. The average molecular weight is 450 g/mol. The average Bonchev–Trinajstić information content (AvgIpc) is 3.03. The van der Waals surface area contributed by atoms with Gasteiger partial charge >= 0.3 is 0 Å². The van der Waals surface area contributed by atoms with Crippen molar-refractivity contribution in [3.8, 4) is 0 Å². The van der Waals surface area contributed by atoms with E-state index in [1.54, 1.807) is 0 Å². The van der Waals surface area contributed by atoms with E-state index < -0.39 is 0 Å². The zero-order chi connectivity index (χ0) is 23.2. The number of carbonyl (C=O) groups is 1. The molecule has 2 bridgehead atoms. The van der Waals surface area contributed by atoms with Crippen molar-refractivity contribution in [3.05, 3.63) is 63.3 Å². The summed E-state index contributed by atoms with van der Waals surface area (Å²) in [7, 11) is 0. The third-order valence-electron chi connectivity index (χ3n) is 7.87. The Morgan fingerprint density at radius 2 is 1.91 bits per heavy atom. The predicted octanol–water partition coefficient (Wildman–Crippen LogP) is 3.74. The second kappa shape index (κ2) is 8.39. The van der Waals surface area contributed by atoms with E-state index in [9.17, 15) is 9.59 Å². The Morgan fingerprint density at radius 1 is 1.18 bits per heavy atom. The summed E-state index contributed by atoms with van der Waals surface area (Å²) >= 11 is 0. The molecule has 0 radical (unpaired) electrons. The van der Waals surface area contributed by atoms with Gasteiger partial charge in [-0.2, -0.15) is 0 Å². The lowest BCUT2D eigenvalue weighted by Gasteiger charge is -2.46. The Labute approximate surface area is 195 Å². The van der Waals surface area contributed by atoms with Crippen molar-refractivity contribution in [2.45, 2.75) is 89.8 Å². The summed E-state index contributed by atoms with van der Waals surface area (Å²) in [6.07, 6.45) is 6.42. The van der Waals surface area contributed by atoms with Gasteiger partial charge in [0.05, 0.1) is 11.3 Å². The van der Waals surface area contributed by atoms with Crippen molar-refractivity contribution in [3.63, 3.8) is 0 Å². The summed E-state index contributed by atoms with van der Waals surface area (Å²) in [5, 5.41) is 0. The van der Waals surface area contributed by atoms with Crippen LogP contribution in [0.5, 0.6) is 0 Å². The number of hydrogen-bond acceptors (Lipinski definition) is 4. The summed E-state index contributed by atoms with van der Waals surface area (Å²) < 4.78 is 6.06. The number of aromatic amines is 1. The highest BCUT2D eigenvalue weighted by Crippen LogP contribution is 2.45. The Bertz CT molecular complexity index is 1090. The van der Waals surface area contributed by atoms with Crippen molar-refractivity contribution >= 4 is 5.91 Å². The van der Waals surface area contributed by atoms with E-state index >= 15 is 0 Å². The van der Waals surface area contributed by atoms with Gasteiger partial charge in [-0.3, -0.25) is 9.59 Å². The van der Waals surface area contributed by atoms with Crippen molar-refractivity contribution in [2.75, 3.05) is 6.61 Å². The van der Waals surface area contributed by atoms with Gasteiger partial charge in [-0.1, -0.05) is 30.3 Å². The van der Waals surface area contributed by atoms with Gasteiger partial charge in [0.1, 0.15) is 5.82 Å². The molecule has 3 aliphatic rings. The molecule has 1 aromatic heterocycles. The molecule has 6 nitrogen and oxygen atoms in total. The fourth-order valence-electron chi connectivity index (χ4n) is 6.67. The maximum Gasteiger partial charge on any atom is 0.254 e. The predicted molar refractivity (Wildman–Crippen MR) is 127 cm³/mol. The van der Waals surface area contributed by atoms with Crippen LogP contribution in [0.2, 0.25) is 0 Å². The number of nitrogens with one attached hydrogen (secondary N) is 1. The minimum absolute atomic E-state index is 0.0378. The molecule has 0 saturated carbocycles. The number of ether oxygens (including phenoxy) is 1. The molecule has 0 aliphatic carbocycles. The zero-order valence-electron chi connectivity index (χ0n) is 20.0. The van der Waals surface area contributed by atoms with Gasteiger partial charge in [-0.25, -0.2) is 4.98 Å². The summed E-state index contributed by atoms with van der Waals surface area (Å²) in [6, 6.07) is 10.8. The fraction of sp³-hybridized carbons (Fsp3) is 0.593. The minimum atomic E-state index is -0.240. The van der Waals surface area contributed by atoms with Crippen LogP contribution in [-0.4, -0.2) is 45.1 Å². The molecular formula is C27H35N3O3. The number of fused-ring (bicyclic) bond motifs is 3. The Balaban J connectivity index is 1.42. The Morgan fingerprint density at radius 3 is 2.64 bits per heavy atom. The highest BCUT2D eigenvalue weighted by molar-refractivity contribution is 5.78. The first kappa shape index (κ1) is 22.3. The molecular weight excluding hydrogens is 414 g/mol. The topological polar surface area (TPSA) is 75.3 Å². The smallest absolute Gasteiger partial charge is 0.254 e. The largest absolute Gasteiger partial charge is 0.376 e. The number of carbonyl (C=O) groups excluding carboxylic acids is 1. The van der Waals surface area contributed by atoms with Crippen LogP contribution in [0, 0.1) is 12.3 Å². The lowest BCUT2D eigenvalue weighted by molar-refractivity contribution is -0.144. The standard InChI is InChI=1S/C27H35N3O3/c1-18-28-23-14-21-10-9-20(13-22(23)25(32)29-18)30(21)24(31)16-27(11-12-33-26(2,3)17-27)15-19-7-5-4-6-8-19/h4-8,20-21H,9-17H2,1-3H3,(H,28,29,32)/t20-,21-,27+/m0/s1. The fourth-order valence-corrected chi connectivity index (χ4v) is 6.67. The molecule has 3 atom stereocenters. The van der Waals surface area contributed by atoms with Gasteiger partial charge in [-0.05, 0) is 63.9 Å². The van der Waals surface area contributed by atoms with Crippen LogP contribution in [-0.2, 0) is 28.8 Å². The molecule has 0 spiro atoms. The molecule has 4 heterocycles. The van der Waals surface area contributed by atoms with E-state index in [-0.39, 0.29) is 34.6 Å². The first-order valence-electron chi connectivity index (χ1n) is 12.3. The molecule has 5 rings (SSSR count). The molecule has 2 fully saturated rings. The third-order valence-corrected chi connectivity index (χ3v) is 7.87. The number of rotatable bonds is 4. The molecule has 176 valence electrons. The zero-order valence-corrected chi connectivity index (χ0v) is 20.0. The number of aryl methyl sites for hydroxylation is 1. The lowest BCUT2D eigenvalue weighted by atomic mass is 9.68. The molecule has 1 aromatic carbocycles. The van der Waals surface area contributed by atoms with E-state index in [4.69, 9.17) is 4.74 Å². The van der Waals surface area contributed by atoms with Crippen molar-refractivity contribution in [1.82, 2.24) is 14.9 Å². The van der Waals surface area contributed by atoms with Crippen molar-refractivity contribution < 1.29 is 9.53 Å². The summed E-state index contributed by atoms with van der Waals surface area (Å²) in [5.41, 5.74) is 2.54. The molecule has 1 N–H and O–H groups in total. The first-order valence-corrected chi connectivity index (χ1v) is 12.3. The summed E-state index contributed by atoms with van der Waals surface area (Å²) in [6.45, 7) is 6.80. The highest BCUT2D eigenvalue weighted by atomic mass is 16.5. The maximum absolute atomic E-state index is 14.0.